The molecule has 15 heavy (non-hydrogen) atoms. The minimum Gasteiger partial charge on any atom is -0.373 e. The highest BCUT2D eigenvalue weighted by molar-refractivity contribution is 5.92. The summed E-state index contributed by atoms with van der Waals surface area (Å²) in [4.78, 5) is 22.3. The maximum atomic E-state index is 11.4. The van der Waals surface area contributed by atoms with Gasteiger partial charge in [0.25, 0.3) is 5.54 Å². The molecule has 0 aromatic rings. The van der Waals surface area contributed by atoms with Gasteiger partial charge in [-0.3, -0.25) is 14.9 Å². The second kappa shape index (κ2) is 3.41. The summed E-state index contributed by atoms with van der Waals surface area (Å²) >= 11 is 0. The zero-order valence-corrected chi connectivity index (χ0v) is 8.56. The molecule has 2 aliphatic carbocycles. The molecule has 0 N–H and O–H groups in total. The van der Waals surface area contributed by atoms with Crippen molar-refractivity contribution in [1.82, 2.24) is 0 Å². The van der Waals surface area contributed by atoms with Crippen molar-refractivity contribution in [3.05, 3.63) is 21.8 Å². The Morgan fingerprint density at radius 3 is 3.00 bits per heavy atom. The number of nitrogens with zero attached hydrogens (tertiary/aromatic N) is 1. The Morgan fingerprint density at radius 1 is 1.67 bits per heavy atom. The van der Waals surface area contributed by atoms with Gasteiger partial charge in [0, 0.05) is 30.4 Å². The van der Waals surface area contributed by atoms with Crippen molar-refractivity contribution in [2.45, 2.75) is 37.3 Å². The molecule has 0 bridgehead atoms. The number of ketones is 1. The molecule has 1 fully saturated rings. The van der Waals surface area contributed by atoms with Crippen molar-refractivity contribution in [2.24, 2.45) is 0 Å². The Kier molecular flexibility index (Phi) is 2.34. The fraction of sp³-hybridized carbons (Fsp3) is 0.700. The third-order valence-corrected chi connectivity index (χ3v) is 3.42. The summed E-state index contributed by atoms with van der Waals surface area (Å²) in [6, 6.07) is 0. The summed E-state index contributed by atoms with van der Waals surface area (Å²) in [7, 11) is 1.43. The first-order chi connectivity index (χ1) is 7.11. The topological polar surface area (TPSA) is 69.4 Å². The van der Waals surface area contributed by atoms with E-state index < -0.39 is 11.6 Å². The lowest BCUT2D eigenvalue weighted by atomic mass is 9.79. The first kappa shape index (κ1) is 10.3. The summed E-state index contributed by atoms with van der Waals surface area (Å²) in [5.74, 6) is -0.0591. The SMILES string of the molecule is CO[C@@H]1CC(=O)C=C2CCC[C@@]21[N+](=O)[O-]. The zero-order valence-electron chi connectivity index (χ0n) is 8.56. The van der Waals surface area contributed by atoms with Crippen LogP contribution in [0.25, 0.3) is 0 Å². The summed E-state index contributed by atoms with van der Waals surface area (Å²) in [5.41, 5.74) is -0.474. The fourth-order valence-electron chi connectivity index (χ4n) is 2.70. The first-order valence-corrected chi connectivity index (χ1v) is 5.02. The number of fused-ring (bicyclic) bond motifs is 1. The molecule has 2 rings (SSSR count). The molecule has 2 aliphatic rings. The van der Waals surface area contributed by atoms with Gasteiger partial charge in [0.05, 0.1) is 0 Å². The van der Waals surface area contributed by atoms with Crippen LogP contribution in [0.5, 0.6) is 0 Å². The van der Waals surface area contributed by atoms with Crippen LogP contribution in [0.1, 0.15) is 25.7 Å². The number of allylic oxidation sites excluding steroid dienone is 1. The quantitative estimate of drug-likeness (QED) is 0.506. The van der Waals surface area contributed by atoms with E-state index >= 15 is 0 Å². The molecule has 0 heterocycles. The van der Waals surface area contributed by atoms with Gasteiger partial charge in [-0.15, -0.1) is 0 Å². The van der Waals surface area contributed by atoms with Crippen LogP contribution in [0, 0.1) is 10.1 Å². The van der Waals surface area contributed by atoms with E-state index in [0.717, 1.165) is 6.42 Å². The maximum absolute atomic E-state index is 11.4. The van der Waals surface area contributed by atoms with E-state index in [2.05, 4.69) is 0 Å². The van der Waals surface area contributed by atoms with Crippen LogP contribution in [0.3, 0.4) is 0 Å². The number of rotatable bonds is 2. The van der Waals surface area contributed by atoms with Crippen molar-refractivity contribution < 1.29 is 14.5 Å². The molecular formula is C10H13NO4. The molecule has 1 saturated carbocycles. The van der Waals surface area contributed by atoms with Gasteiger partial charge in [0.2, 0.25) is 0 Å². The first-order valence-electron chi connectivity index (χ1n) is 5.02. The van der Waals surface area contributed by atoms with E-state index in [1.54, 1.807) is 0 Å². The van der Waals surface area contributed by atoms with Gasteiger partial charge in [0.15, 0.2) is 5.78 Å². The van der Waals surface area contributed by atoms with Crippen LogP contribution in [-0.4, -0.2) is 29.5 Å². The normalized spacial score (nSPS) is 34.9. The van der Waals surface area contributed by atoms with Crippen molar-refractivity contribution in [3.8, 4) is 0 Å². The average Bonchev–Trinajstić information content (AvgIpc) is 2.60. The van der Waals surface area contributed by atoms with Gasteiger partial charge in [-0.2, -0.15) is 0 Å². The Labute approximate surface area is 87.3 Å². The number of hydrogen-bond acceptors (Lipinski definition) is 4. The van der Waals surface area contributed by atoms with Crippen molar-refractivity contribution in [2.75, 3.05) is 7.11 Å². The number of methoxy groups -OCH3 is 1. The lowest BCUT2D eigenvalue weighted by Crippen LogP contribution is -2.52. The Balaban J connectivity index is 2.49. The van der Waals surface area contributed by atoms with E-state index in [1.807, 2.05) is 0 Å². The van der Waals surface area contributed by atoms with Crippen LogP contribution in [-0.2, 0) is 9.53 Å². The van der Waals surface area contributed by atoms with Crippen molar-refractivity contribution in [3.63, 3.8) is 0 Å². The van der Waals surface area contributed by atoms with E-state index in [9.17, 15) is 14.9 Å². The number of ether oxygens (including phenoxy) is 1. The van der Waals surface area contributed by atoms with Gasteiger partial charge in [-0.25, -0.2) is 0 Å². The van der Waals surface area contributed by atoms with Crippen LogP contribution in [0.4, 0.5) is 0 Å². The van der Waals surface area contributed by atoms with Crippen LogP contribution in [0.15, 0.2) is 11.6 Å². The highest BCUT2D eigenvalue weighted by atomic mass is 16.6. The van der Waals surface area contributed by atoms with E-state index in [-0.39, 0.29) is 17.1 Å². The number of nitro groups is 1. The van der Waals surface area contributed by atoms with Gasteiger partial charge < -0.3 is 4.74 Å². The smallest absolute Gasteiger partial charge is 0.269 e. The summed E-state index contributed by atoms with van der Waals surface area (Å²) < 4.78 is 5.14. The molecular weight excluding hydrogens is 198 g/mol. The monoisotopic (exact) mass is 211 g/mol. The lowest BCUT2D eigenvalue weighted by molar-refractivity contribution is -0.570. The second-order valence-electron chi connectivity index (χ2n) is 4.10. The van der Waals surface area contributed by atoms with Crippen LogP contribution < -0.4 is 0 Å². The standard InChI is InChI=1S/C10H13NO4/c1-15-9-6-8(12)5-7-3-2-4-10(7,9)11(13)14/h5,9H,2-4,6H2,1H3/t9-,10-/m1/s1. The highest BCUT2D eigenvalue weighted by Crippen LogP contribution is 2.44. The van der Waals surface area contributed by atoms with Gasteiger partial charge in [-0.05, 0) is 18.9 Å². The van der Waals surface area contributed by atoms with Gasteiger partial charge in [0.1, 0.15) is 6.10 Å². The fourth-order valence-corrected chi connectivity index (χ4v) is 2.70. The lowest BCUT2D eigenvalue weighted by Gasteiger charge is -2.32. The minimum atomic E-state index is -1.12. The summed E-state index contributed by atoms with van der Waals surface area (Å²) in [6.45, 7) is 0. The summed E-state index contributed by atoms with van der Waals surface area (Å²) in [5, 5.41) is 11.2. The van der Waals surface area contributed by atoms with E-state index in [4.69, 9.17) is 4.74 Å². The number of hydrogen-bond donors (Lipinski definition) is 0. The molecule has 0 aromatic heterocycles. The van der Waals surface area contributed by atoms with Crippen LogP contribution in [0.2, 0.25) is 0 Å². The van der Waals surface area contributed by atoms with Crippen molar-refractivity contribution >= 4 is 5.78 Å². The van der Waals surface area contributed by atoms with E-state index in [0.29, 0.717) is 18.4 Å². The predicted octanol–water partition coefficient (Wildman–Crippen LogP) is 1.10. The molecule has 0 radical (unpaired) electrons. The van der Waals surface area contributed by atoms with E-state index in [1.165, 1.54) is 13.2 Å². The third-order valence-electron chi connectivity index (χ3n) is 3.42. The average molecular weight is 211 g/mol. The molecule has 2 atom stereocenters. The molecule has 5 nitrogen and oxygen atoms in total. The molecule has 82 valence electrons. The largest absolute Gasteiger partial charge is 0.373 e. The van der Waals surface area contributed by atoms with Crippen molar-refractivity contribution in [1.29, 1.82) is 0 Å². The molecule has 5 heteroatoms. The van der Waals surface area contributed by atoms with Crippen LogP contribution >= 0.6 is 0 Å². The summed E-state index contributed by atoms with van der Waals surface area (Å²) in [6.07, 6.45) is 2.87. The molecule has 0 aliphatic heterocycles. The van der Waals surface area contributed by atoms with Gasteiger partial charge in [-0.1, -0.05) is 0 Å². The molecule has 0 saturated heterocycles. The Bertz CT molecular complexity index is 349. The molecule has 0 amide bonds. The molecule has 0 unspecified atom stereocenters. The highest BCUT2D eigenvalue weighted by Gasteiger charge is 2.58. The minimum absolute atomic E-state index is 0.0591. The Hall–Kier alpha value is -1.23. The second-order valence-corrected chi connectivity index (χ2v) is 4.10. The number of carbonyl (C=O) groups is 1. The number of carbonyl (C=O) groups excluding carboxylic acids is 1. The molecule has 0 aromatic carbocycles. The predicted molar refractivity (Wildman–Crippen MR) is 52.1 cm³/mol. The molecule has 0 spiro atoms. The Morgan fingerprint density at radius 2 is 2.40 bits per heavy atom. The third kappa shape index (κ3) is 1.30. The van der Waals surface area contributed by atoms with Gasteiger partial charge >= 0.3 is 0 Å². The maximum Gasteiger partial charge on any atom is 0.269 e. The zero-order chi connectivity index (χ0) is 11.1.